The molecule has 0 spiro atoms. The molecule has 0 radical (unpaired) electrons. The highest BCUT2D eigenvalue weighted by molar-refractivity contribution is 6.31. The van der Waals surface area contributed by atoms with Crippen molar-refractivity contribution in [3.8, 4) is 0 Å². The fourth-order valence-corrected chi connectivity index (χ4v) is 3.13. The lowest BCUT2D eigenvalue weighted by molar-refractivity contribution is 0.171. The van der Waals surface area contributed by atoms with Gasteiger partial charge >= 0.3 is 0 Å². The van der Waals surface area contributed by atoms with Crippen molar-refractivity contribution in [2.24, 2.45) is 0 Å². The molecule has 2 nitrogen and oxygen atoms in total. The van der Waals surface area contributed by atoms with Crippen molar-refractivity contribution in [3.05, 3.63) is 58.9 Å². The first-order valence-electron chi connectivity index (χ1n) is 6.88. The summed E-state index contributed by atoms with van der Waals surface area (Å²) in [6, 6.07) is 13.0. The fraction of sp³-hybridized carbons (Fsp3) is 0.375. The average molecular weight is 275 g/mol. The molecule has 1 atom stereocenters. The highest BCUT2D eigenvalue weighted by Gasteiger charge is 2.22. The molecule has 0 N–H and O–H groups in total. The molecule has 0 saturated heterocycles. The summed E-state index contributed by atoms with van der Waals surface area (Å²) in [5.41, 5.74) is 2.67. The monoisotopic (exact) mass is 274 g/mol. The Morgan fingerprint density at radius 3 is 2.84 bits per heavy atom. The van der Waals surface area contributed by atoms with Crippen molar-refractivity contribution in [1.82, 2.24) is 9.47 Å². The minimum Gasteiger partial charge on any atom is -0.349 e. The van der Waals surface area contributed by atoms with Crippen molar-refractivity contribution in [3.63, 3.8) is 0 Å². The smallest absolute Gasteiger partial charge is 0.0473 e. The first-order chi connectivity index (χ1) is 9.25. The van der Waals surface area contributed by atoms with Gasteiger partial charge in [0.2, 0.25) is 0 Å². The van der Waals surface area contributed by atoms with Crippen molar-refractivity contribution in [1.29, 1.82) is 0 Å². The van der Waals surface area contributed by atoms with E-state index in [1.54, 1.807) is 0 Å². The van der Waals surface area contributed by atoms with Crippen LogP contribution in [0.25, 0.3) is 0 Å². The molecule has 1 unspecified atom stereocenters. The van der Waals surface area contributed by atoms with Gasteiger partial charge in [-0.1, -0.05) is 29.8 Å². The summed E-state index contributed by atoms with van der Waals surface area (Å²) in [7, 11) is 0. The molecule has 1 aromatic heterocycles. The van der Waals surface area contributed by atoms with E-state index < -0.39 is 0 Å². The molecule has 1 aliphatic heterocycles. The first kappa shape index (κ1) is 12.8. The average Bonchev–Trinajstić information content (AvgIpc) is 2.89. The second-order valence-corrected chi connectivity index (χ2v) is 5.59. The molecule has 1 aliphatic rings. The Kier molecular flexibility index (Phi) is 3.63. The molecule has 0 fully saturated rings. The Balaban J connectivity index is 1.67. The van der Waals surface area contributed by atoms with E-state index in [9.17, 15) is 0 Å². The van der Waals surface area contributed by atoms with Crippen LogP contribution in [0.1, 0.15) is 24.2 Å². The van der Waals surface area contributed by atoms with E-state index in [4.69, 9.17) is 11.6 Å². The van der Waals surface area contributed by atoms with Crippen LogP contribution in [0.2, 0.25) is 5.02 Å². The third-order valence-corrected chi connectivity index (χ3v) is 4.46. The Morgan fingerprint density at radius 1 is 1.16 bits per heavy atom. The quantitative estimate of drug-likeness (QED) is 0.827. The predicted octanol–water partition coefficient (Wildman–Crippen LogP) is 3.76. The highest BCUT2D eigenvalue weighted by atomic mass is 35.5. The van der Waals surface area contributed by atoms with Gasteiger partial charge in [0.25, 0.3) is 0 Å². The van der Waals surface area contributed by atoms with Crippen LogP contribution in [-0.4, -0.2) is 22.6 Å². The highest BCUT2D eigenvalue weighted by Crippen LogP contribution is 2.26. The molecule has 1 aromatic carbocycles. The first-order valence-corrected chi connectivity index (χ1v) is 7.26. The number of fused-ring (bicyclic) bond motifs is 1. The van der Waals surface area contributed by atoms with E-state index in [2.05, 4.69) is 46.9 Å². The number of benzene rings is 1. The Hall–Kier alpha value is -1.25. The number of nitrogens with zero attached hydrogens (tertiary/aromatic N) is 2. The molecule has 3 heteroatoms. The summed E-state index contributed by atoms with van der Waals surface area (Å²) in [5.74, 6) is 0. The Bertz CT molecular complexity index is 561. The van der Waals surface area contributed by atoms with Gasteiger partial charge in [-0.3, -0.25) is 4.90 Å². The van der Waals surface area contributed by atoms with Gasteiger partial charge in [0.1, 0.15) is 0 Å². The number of halogens is 1. The number of hydrogen-bond acceptors (Lipinski definition) is 1. The van der Waals surface area contributed by atoms with E-state index in [1.165, 1.54) is 11.3 Å². The topological polar surface area (TPSA) is 8.17 Å². The molecular weight excluding hydrogens is 256 g/mol. The van der Waals surface area contributed by atoms with Gasteiger partial charge in [-0.05, 0) is 37.1 Å². The summed E-state index contributed by atoms with van der Waals surface area (Å²) in [5, 5.41) is 0.885. The molecule has 0 aliphatic carbocycles. The fourth-order valence-electron chi connectivity index (χ4n) is 2.90. The van der Waals surface area contributed by atoms with E-state index in [1.807, 2.05) is 12.1 Å². The van der Waals surface area contributed by atoms with Gasteiger partial charge < -0.3 is 4.57 Å². The van der Waals surface area contributed by atoms with E-state index in [-0.39, 0.29) is 0 Å². The maximum absolute atomic E-state index is 6.22. The van der Waals surface area contributed by atoms with Gasteiger partial charge in [-0.15, -0.1) is 0 Å². The zero-order valence-electron chi connectivity index (χ0n) is 11.2. The third-order valence-electron chi connectivity index (χ3n) is 4.09. The van der Waals surface area contributed by atoms with Gasteiger partial charge in [0.15, 0.2) is 0 Å². The van der Waals surface area contributed by atoms with Crippen LogP contribution in [-0.2, 0) is 13.0 Å². The summed E-state index contributed by atoms with van der Waals surface area (Å²) in [4.78, 5) is 2.54. The summed E-state index contributed by atoms with van der Waals surface area (Å²) in [6.45, 7) is 5.57. The van der Waals surface area contributed by atoms with Crippen LogP contribution >= 0.6 is 11.6 Å². The van der Waals surface area contributed by atoms with Gasteiger partial charge in [-0.2, -0.15) is 0 Å². The lowest BCUT2D eigenvalue weighted by Crippen LogP contribution is -2.37. The second kappa shape index (κ2) is 5.40. The van der Waals surface area contributed by atoms with Crippen molar-refractivity contribution in [2.45, 2.75) is 25.9 Å². The van der Waals surface area contributed by atoms with Gasteiger partial charge in [0.05, 0.1) is 0 Å². The SMILES string of the molecule is CC1c2cccn2CCN1CCc1ccccc1Cl. The molecule has 2 heterocycles. The normalized spacial score (nSPS) is 19.4. The number of aromatic nitrogens is 1. The Labute approximate surface area is 119 Å². The van der Waals surface area contributed by atoms with Crippen LogP contribution in [0.15, 0.2) is 42.6 Å². The van der Waals surface area contributed by atoms with Crippen LogP contribution in [0.3, 0.4) is 0 Å². The standard InChI is InChI=1S/C16H19ClN2/c1-13-16-7-4-9-19(16)12-11-18(13)10-8-14-5-2-3-6-15(14)17/h2-7,9,13H,8,10-12H2,1H3. The summed E-state index contributed by atoms with van der Waals surface area (Å²) < 4.78 is 2.36. The van der Waals surface area contributed by atoms with Crippen molar-refractivity contribution >= 4 is 11.6 Å². The lowest BCUT2D eigenvalue weighted by Gasteiger charge is -2.35. The lowest BCUT2D eigenvalue weighted by atomic mass is 10.1. The molecular formula is C16H19ClN2. The molecule has 19 heavy (non-hydrogen) atoms. The molecule has 0 amide bonds. The summed E-state index contributed by atoms with van der Waals surface area (Å²) in [6.07, 6.45) is 3.20. The van der Waals surface area contributed by atoms with Crippen LogP contribution in [0.5, 0.6) is 0 Å². The Morgan fingerprint density at radius 2 is 2.00 bits per heavy atom. The van der Waals surface area contributed by atoms with Gasteiger partial charge in [-0.25, -0.2) is 0 Å². The van der Waals surface area contributed by atoms with E-state index >= 15 is 0 Å². The predicted molar refractivity (Wildman–Crippen MR) is 79.6 cm³/mol. The van der Waals surface area contributed by atoms with E-state index in [0.717, 1.165) is 31.1 Å². The van der Waals surface area contributed by atoms with Gasteiger partial charge in [0, 0.05) is 42.6 Å². The largest absolute Gasteiger partial charge is 0.349 e. The number of rotatable bonds is 3. The van der Waals surface area contributed by atoms with Crippen LogP contribution < -0.4 is 0 Å². The molecule has 3 rings (SSSR count). The van der Waals surface area contributed by atoms with E-state index in [0.29, 0.717) is 6.04 Å². The zero-order valence-corrected chi connectivity index (χ0v) is 12.0. The van der Waals surface area contributed by atoms with Crippen molar-refractivity contribution in [2.75, 3.05) is 13.1 Å². The molecule has 0 bridgehead atoms. The summed E-state index contributed by atoms with van der Waals surface area (Å²) >= 11 is 6.22. The molecule has 0 saturated carbocycles. The minimum absolute atomic E-state index is 0.492. The van der Waals surface area contributed by atoms with Crippen molar-refractivity contribution < 1.29 is 0 Å². The van der Waals surface area contributed by atoms with Crippen LogP contribution in [0, 0.1) is 0 Å². The third kappa shape index (κ3) is 2.56. The second-order valence-electron chi connectivity index (χ2n) is 5.18. The molecule has 2 aromatic rings. The minimum atomic E-state index is 0.492. The maximum Gasteiger partial charge on any atom is 0.0473 e. The maximum atomic E-state index is 6.22. The number of hydrogen-bond donors (Lipinski definition) is 0. The molecule has 100 valence electrons. The zero-order chi connectivity index (χ0) is 13.2. The van der Waals surface area contributed by atoms with Crippen LogP contribution in [0.4, 0.5) is 0 Å².